The molecule has 23 heavy (non-hydrogen) atoms. The average molecular weight is 332 g/mol. The fraction of sp³-hybridized carbons (Fsp3) is 0.125. The summed E-state index contributed by atoms with van der Waals surface area (Å²) in [5.41, 5.74) is 3.95. The summed E-state index contributed by atoms with van der Waals surface area (Å²) in [5.74, 6) is 0.176. The SMILES string of the molecule is CCONC(=O)c1cc(-c2ccco2)nn1-c1ccc(Cl)cc1. The Balaban J connectivity index is 2.04. The molecule has 7 heteroatoms. The number of rotatable bonds is 5. The molecular weight excluding hydrogens is 318 g/mol. The molecule has 6 nitrogen and oxygen atoms in total. The van der Waals surface area contributed by atoms with Crippen molar-refractivity contribution in [2.24, 2.45) is 0 Å². The second-order valence-electron chi connectivity index (χ2n) is 4.64. The van der Waals surface area contributed by atoms with E-state index in [1.54, 1.807) is 55.7 Å². The van der Waals surface area contributed by atoms with Gasteiger partial charge in [0.05, 0.1) is 18.6 Å². The van der Waals surface area contributed by atoms with Crippen molar-refractivity contribution in [1.82, 2.24) is 15.3 Å². The highest BCUT2D eigenvalue weighted by Gasteiger charge is 2.18. The van der Waals surface area contributed by atoms with E-state index in [1.165, 1.54) is 4.68 Å². The van der Waals surface area contributed by atoms with Gasteiger partial charge < -0.3 is 4.42 Å². The molecular formula is C16H14ClN3O3. The van der Waals surface area contributed by atoms with E-state index >= 15 is 0 Å². The van der Waals surface area contributed by atoms with Crippen molar-refractivity contribution in [3.05, 3.63) is 59.4 Å². The van der Waals surface area contributed by atoms with Crippen molar-refractivity contribution in [1.29, 1.82) is 0 Å². The number of carbonyl (C=O) groups excluding carboxylic acids is 1. The summed E-state index contributed by atoms with van der Waals surface area (Å²) in [4.78, 5) is 17.3. The van der Waals surface area contributed by atoms with E-state index in [0.29, 0.717) is 34.5 Å². The Hall–Kier alpha value is -2.57. The molecule has 0 aliphatic rings. The number of hydroxylamine groups is 1. The fourth-order valence-electron chi connectivity index (χ4n) is 2.06. The molecule has 0 aliphatic heterocycles. The highest BCUT2D eigenvalue weighted by molar-refractivity contribution is 6.30. The van der Waals surface area contributed by atoms with E-state index in [2.05, 4.69) is 10.6 Å². The van der Waals surface area contributed by atoms with Gasteiger partial charge in [0, 0.05) is 11.1 Å². The minimum Gasteiger partial charge on any atom is -0.463 e. The lowest BCUT2D eigenvalue weighted by Crippen LogP contribution is -2.26. The van der Waals surface area contributed by atoms with Gasteiger partial charge in [-0.3, -0.25) is 9.63 Å². The molecule has 1 aromatic carbocycles. The zero-order valence-corrected chi connectivity index (χ0v) is 13.1. The first-order valence-corrected chi connectivity index (χ1v) is 7.39. The summed E-state index contributed by atoms with van der Waals surface area (Å²) in [6, 6.07) is 12.2. The Morgan fingerprint density at radius 1 is 1.35 bits per heavy atom. The number of hydrogen-bond donors (Lipinski definition) is 1. The van der Waals surface area contributed by atoms with E-state index in [0.717, 1.165) is 0 Å². The Bertz CT molecular complexity index is 795. The molecule has 3 aromatic rings. The highest BCUT2D eigenvalue weighted by Crippen LogP contribution is 2.23. The summed E-state index contributed by atoms with van der Waals surface area (Å²) in [7, 11) is 0. The van der Waals surface area contributed by atoms with Crippen molar-refractivity contribution in [3.8, 4) is 17.1 Å². The maximum Gasteiger partial charge on any atom is 0.293 e. The third kappa shape index (κ3) is 3.28. The number of hydrogen-bond acceptors (Lipinski definition) is 4. The second-order valence-corrected chi connectivity index (χ2v) is 5.08. The third-order valence-electron chi connectivity index (χ3n) is 3.10. The van der Waals surface area contributed by atoms with Gasteiger partial charge in [-0.05, 0) is 43.3 Å². The number of benzene rings is 1. The van der Waals surface area contributed by atoms with Crippen LogP contribution in [0.5, 0.6) is 0 Å². The van der Waals surface area contributed by atoms with Crippen LogP contribution in [-0.4, -0.2) is 22.3 Å². The Labute approximate surface area is 137 Å². The lowest BCUT2D eigenvalue weighted by molar-refractivity contribution is 0.0357. The van der Waals surface area contributed by atoms with Crippen molar-refractivity contribution in [2.75, 3.05) is 6.61 Å². The minimum absolute atomic E-state index is 0.326. The minimum atomic E-state index is -0.396. The maximum absolute atomic E-state index is 12.3. The van der Waals surface area contributed by atoms with Gasteiger partial charge in [0.2, 0.25) is 0 Å². The number of furan rings is 1. The van der Waals surface area contributed by atoms with Gasteiger partial charge in [-0.2, -0.15) is 5.10 Å². The Kier molecular flexibility index (Phi) is 4.45. The summed E-state index contributed by atoms with van der Waals surface area (Å²) < 4.78 is 6.86. The summed E-state index contributed by atoms with van der Waals surface area (Å²) >= 11 is 5.91. The Morgan fingerprint density at radius 3 is 2.78 bits per heavy atom. The topological polar surface area (TPSA) is 69.3 Å². The summed E-state index contributed by atoms with van der Waals surface area (Å²) in [6.07, 6.45) is 1.55. The van der Waals surface area contributed by atoms with Gasteiger partial charge in [0.25, 0.3) is 5.91 Å². The molecule has 0 bridgehead atoms. The zero-order chi connectivity index (χ0) is 16.2. The number of nitrogens with zero attached hydrogens (tertiary/aromatic N) is 2. The first-order valence-electron chi connectivity index (χ1n) is 7.01. The van der Waals surface area contributed by atoms with Crippen molar-refractivity contribution in [2.45, 2.75) is 6.92 Å². The summed E-state index contributed by atoms with van der Waals surface area (Å²) in [6.45, 7) is 2.15. The molecule has 0 aliphatic carbocycles. The number of halogens is 1. The van der Waals surface area contributed by atoms with Crippen LogP contribution < -0.4 is 5.48 Å². The van der Waals surface area contributed by atoms with Crippen molar-refractivity contribution >= 4 is 17.5 Å². The monoisotopic (exact) mass is 331 g/mol. The molecule has 1 amide bonds. The molecule has 2 aromatic heterocycles. The van der Waals surface area contributed by atoms with E-state index in [9.17, 15) is 4.79 Å². The van der Waals surface area contributed by atoms with Crippen LogP contribution in [0.4, 0.5) is 0 Å². The first kappa shape index (κ1) is 15.3. The molecule has 0 radical (unpaired) electrons. The van der Waals surface area contributed by atoms with Crippen LogP contribution in [0.15, 0.2) is 53.1 Å². The van der Waals surface area contributed by atoms with Gasteiger partial charge in [-0.25, -0.2) is 10.2 Å². The molecule has 0 saturated carbocycles. The van der Waals surface area contributed by atoms with Gasteiger partial charge in [-0.15, -0.1) is 0 Å². The molecule has 118 valence electrons. The molecule has 3 rings (SSSR count). The number of nitrogens with one attached hydrogen (secondary N) is 1. The molecule has 0 unspecified atom stereocenters. The van der Waals surface area contributed by atoms with Crippen LogP contribution in [0.1, 0.15) is 17.4 Å². The standard InChI is InChI=1S/C16H14ClN3O3/c1-2-23-19-16(21)14-10-13(15-4-3-9-22-15)18-20(14)12-7-5-11(17)6-8-12/h3-10H,2H2,1H3,(H,19,21). The van der Waals surface area contributed by atoms with Gasteiger partial charge in [-0.1, -0.05) is 11.6 Å². The van der Waals surface area contributed by atoms with E-state index in [1.807, 2.05) is 0 Å². The molecule has 0 spiro atoms. The van der Waals surface area contributed by atoms with Crippen LogP contribution >= 0.6 is 11.6 Å². The van der Waals surface area contributed by atoms with Gasteiger partial charge >= 0.3 is 0 Å². The predicted octanol–water partition coefficient (Wildman–Crippen LogP) is 3.47. The quantitative estimate of drug-likeness (QED) is 0.727. The second kappa shape index (κ2) is 6.68. The van der Waals surface area contributed by atoms with Crippen molar-refractivity contribution < 1.29 is 14.0 Å². The van der Waals surface area contributed by atoms with Gasteiger partial charge in [0.1, 0.15) is 11.4 Å². The van der Waals surface area contributed by atoms with Crippen LogP contribution in [0.25, 0.3) is 17.1 Å². The number of carbonyl (C=O) groups is 1. The predicted molar refractivity (Wildman–Crippen MR) is 85.4 cm³/mol. The molecule has 2 heterocycles. The number of aromatic nitrogens is 2. The first-order chi connectivity index (χ1) is 11.2. The fourth-order valence-corrected chi connectivity index (χ4v) is 2.18. The van der Waals surface area contributed by atoms with E-state index in [4.69, 9.17) is 20.9 Å². The van der Waals surface area contributed by atoms with Crippen molar-refractivity contribution in [3.63, 3.8) is 0 Å². The lowest BCUT2D eigenvalue weighted by atomic mass is 10.3. The molecule has 0 fully saturated rings. The van der Waals surface area contributed by atoms with Crippen LogP contribution in [0.2, 0.25) is 5.02 Å². The highest BCUT2D eigenvalue weighted by atomic mass is 35.5. The smallest absolute Gasteiger partial charge is 0.293 e. The van der Waals surface area contributed by atoms with Crippen LogP contribution in [0, 0.1) is 0 Å². The summed E-state index contributed by atoms with van der Waals surface area (Å²) in [5, 5.41) is 5.05. The normalized spacial score (nSPS) is 10.7. The largest absolute Gasteiger partial charge is 0.463 e. The van der Waals surface area contributed by atoms with E-state index in [-0.39, 0.29) is 0 Å². The lowest BCUT2D eigenvalue weighted by Gasteiger charge is -2.07. The zero-order valence-electron chi connectivity index (χ0n) is 12.3. The third-order valence-corrected chi connectivity index (χ3v) is 3.35. The molecule has 1 N–H and O–H groups in total. The van der Waals surface area contributed by atoms with Crippen LogP contribution in [0.3, 0.4) is 0 Å². The Morgan fingerprint density at radius 2 is 2.13 bits per heavy atom. The number of amides is 1. The molecule has 0 saturated heterocycles. The average Bonchev–Trinajstić information content (AvgIpc) is 3.22. The molecule has 0 atom stereocenters. The maximum atomic E-state index is 12.3. The van der Waals surface area contributed by atoms with Gasteiger partial charge in [0.15, 0.2) is 5.76 Å². The van der Waals surface area contributed by atoms with Crippen LogP contribution in [-0.2, 0) is 4.84 Å². The van der Waals surface area contributed by atoms with E-state index < -0.39 is 5.91 Å².